The summed E-state index contributed by atoms with van der Waals surface area (Å²) in [5.41, 5.74) is -1.49. The molecular weight excluding hydrogens is 247 g/mol. The van der Waals surface area contributed by atoms with E-state index in [0.29, 0.717) is 5.69 Å². The van der Waals surface area contributed by atoms with Crippen molar-refractivity contribution in [2.75, 3.05) is 12.4 Å². The van der Waals surface area contributed by atoms with Crippen molar-refractivity contribution in [2.45, 2.75) is 24.6 Å². The van der Waals surface area contributed by atoms with Gasteiger partial charge in [0.15, 0.2) is 0 Å². The maximum Gasteiger partial charge on any atom is 0.411 e. The molecule has 0 unspecified atom stereocenters. The molecule has 7 heteroatoms. The number of aromatic nitrogens is 1. The molecule has 0 spiro atoms. The molecule has 1 fully saturated rings. The van der Waals surface area contributed by atoms with E-state index in [0.717, 1.165) is 0 Å². The number of pyridine rings is 1. The molecule has 1 aromatic heterocycles. The van der Waals surface area contributed by atoms with Crippen molar-refractivity contribution >= 4 is 11.6 Å². The van der Waals surface area contributed by atoms with Crippen molar-refractivity contribution in [1.82, 2.24) is 10.3 Å². The molecular formula is C11H12F3N3O. The highest BCUT2D eigenvalue weighted by atomic mass is 19.4. The van der Waals surface area contributed by atoms with Gasteiger partial charge in [-0.1, -0.05) is 0 Å². The molecule has 1 saturated carbocycles. The molecule has 18 heavy (non-hydrogen) atoms. The second-order valence-corrected chi connectivity index (χ2v) is 4.21. The molecule has 0 aromatic carbocycles. The van der Waals surface area contributed by atoms with Crippen LogP contribution in [0.4, 0.5) is 18.9 Å². The van der Waals surface area contributed by atoms with E-state index in [1.807, 2.05) is 0 Å². The number of carbonyl (C=O) groups excluding carboxylic acids is 1. The maximum absolute atomic E-state index is 12.7. The summed E-state index contributed by atoms with van der Waals surface area (Å²) in [4.78, 5) is 15.6. The SMILES string of the molecule is CNc1cnccc1C(=O)NC1(C(F)(F)F)CC1. The summed E-state index contributed by atoms with van der Waals surface area (Å²) in [6.07, 6.45) is -1.79. The summed E-state index contributed by atoms with van der Waals surface area (Å²) in [5, 5.41) is 4.78. The van der Waals surface area contributed by atoms with E-state index in [2.05, 4.69) is 15.6 Å². The van der Waals surface area contributed by atoms with Gasteiger partial charge in [0.25, 0.3) is 5.91 Å². The summed E-state index contributed by atoms with van der Waals surface area (Å²) < 4.78 is 38.1. The van der Waals surface area contributed by atoms with E-state index in [1.54, 1.807) is 7.05 Å². The second kappa shape index (κ2) is 4.15. The van der Waals surface area contributed by atoms with Gasteiger partial charge in [-0.05, 0) is 18.9 Å². The molecule has 0 atom stereocenters. The molecule has 1 heterocycles. The zero-order valence-corrected chi connectivity index (χ0v) is 9.64. The van der Waals surface area contributed by atoms with Crippen LogP contribution in [0.5, 0.6) is 0 Å². The number of rotatable bonds is 3. The number of alkyl halides is 3. The summed E-state index contributed by atoms with van der Waals surface area (Å²) >= 11 is 0. The van der Waals surface area contributed by atoms with Crippen LogP contribution in [0.15, 0.2) is 18.5 Å². The Morgan fingerprint density at radius 3 is 2.61 bits per heavy atom. The first-order valence-electron chi connectivity index (χ1n) is 5.41. The molecule has 0 radical (unpaired) electrons. The van der Waals surface area contributed by atoms with E-state index < -0.39 is 17.6 Å². The lowest BCUT2D eigenvalue weighted by Crippen LogP contribution is -2.47. The summed E-state index contributed by atoms with van der Waals surface area (Å²) in [6, 6.07) is 1.38. The number of anilines is 1. The van der Waals surface area contributed by atoms with Gasteiger partial charge >= 0.3 is 6.18 Å². The molecule has 2 N–H and O–H groups in total. The van der Waals surface area contributed by atoms with E-state index in [9.17, 15) is 18.0 Å². The third kappa shape index (κ3) is 2.12. The second-order valence-electron chi connectivity index (χ2n) is 4.21. The Hall–Kier alpha value is -1.79. The largest absolute Gasteiger partial charge is 0.411 e. The van der Waals surface area contributed by atoms with Crippen LogP contribution in [-0.2, 0) is 0 Å². The lowest BCUT2D eigenvalue weighted by molar-refractivity contribution is -0.163. The van der Waals surface area contributed by atoms with Gasteiger partial charge in [0.2, 0.25) is 0 Å². The molecule has 0 aliphatic heterocycles. The van der Waals surface area contributed by atoms with Gasteiger partial charge in [-0.15, -0.1) is 0 Å². The smallest absolute Gasteiger partial charge is 0.386 e. The molecule has 2 rings (SSSR count). The van der Waals surface area contributed by atoms with Crippen LogP contribution < -0.4 is 10.6 Å². The molecule has 1 aliphatic carbocycles. The first-order chi connectivity index (χ1) is 8.39. The lowest BCUT2D eigenvalue weighted by Gasteiger charge is -2.21. The Bertz CT molecular complexity index is 469. The Balaban J connectivity index is 2.19. The van der Waals surface area contributed by atoms with Crippen molar-refractivity contribution in [3.63, 3.8) is 0 Å². The molecule has 0 bridgehead atoms. The minimum Gasteiger partial charge on any atom is -0.386 e. The van der Waals surface area contributed by atoms with Crippen LogP contribution in [0.3, 0.4) is 0 Å². The highest BCUT2D eigenvalue weighted by Gasteiger charge is 2.64. The number of halogens is 3. The third-order valence-electron chi connectivity index (χ3n) is 2.98. The Morgan fingerprint density at radius 1 is 1.44 bits per heavy atom. The van der Waals surface area contributed by atoms with Crippen molar-refractivity contribution in [2.24, 2.45) is 0 Å². The van der Waals surface area contributed by atoms with Gasteiger partial charge in [-0.2, -0.15) is 13.2 Å². The Morgan fingerprint density at radius 2 is 2.11 bits per heavy atom. The van der Waals surface area contributed by atoms with Crippen molar-refractivity contribution in [1.29, 1.82) is 0 Å². The average molecular weight is 259 g/mol. The van der Waals surface area contributed by atoms with Crippen LogP contribution in [0, 0.1) is 0 Å². The van der Waals surface area contributed by atoms with Crippen LogP contribution in [0.2, 0.25) is 0 Å². The first-order valence-corrected chi connectivity index (χ1v) is 5.41. The van der Waals surface area contributed by atoms with E-state index in [1.165, 1.54) is 18.5 Å². The Kier molecular flexibility index (Phi) is 2.92. The first kappa shape index (κ1) is 12.7. The zero-order chi connectivity index (χ0) is 13.4. The number of hydrogen-bond acceptors (Lipinski definition) is 3. The third-order valence-corrected chi connectivity index (χ3v) is 2.98. The van der Waals surface area contributed by atoms with Crippen LogP contribution in [0.25, 0.3) is 0 Å². The highest BCUT2D eigenvalue weighted by Crippen LogP contribution is 2.49. The molecule has 1 aromatic rings. The predicted molar refractivity (Wildman–Crippen MR) is 59.3 cm³/mol. The monoisotopic (exact) mass is 259 g/mol. The number of hydrogen-bond donors (Lipinski definition) is 2. The van der Waals surface area contributed by atoms with Crippen LogP contribution in [-0.4, -0.2) is 29.7 Å². The van der Waals surface area contributed by atoms with E-state index in [4.69, 9.17) is 0 Å². The summed E-state index contributed by atoms with van der Waals surface area (Å²) in [6.45, 7) is 0. The van der Waals surface area contributed by atoms with Gasteiger partial charge < -0.3 is 10.6 Å². The Labute approximate surface area is 102 Å². The number of nitrogens with zero attached hydrogens (tertiary/aromatic N) is 1. The zero-order valence-electron chi connectivity index (χ0n) is 9.64. The van der Waals surface area contributed by atoms with Gasteiger partial charge in [0, 0.05) is 13.2 Å². The van der Waals surface area contributed by atoms with Crippen molar-refractivity contribution in [3.8, 4) is 0 Å². The van der Waals surface area contributed by atoms with Crippen molar-refractivity contribution in [3.05, 3.63) is 24.0 Å². The molecule has 0 saturated heterocycles. The fraction of sp³-hybridized carbons (Fsp3) is 0.455. The maximum atomic E-state index is 12.7. The normalized spacial score (nSPS) is 17.1. The standard InChI is InChI=1S/C11H12F3N3O/c1-15-8-6-16-5-2-7(8)9(18)17-10(3-4-10)11(12,13)14/h2,5-6,15H,3-4H2,1H3,(H,17,18). The van der Waals surface area contributed by atoms with Gasteiger partial charge in [0.1, 0.15) is 5.54 Å². The number of carbonyl (C=O) groups is 1. The predicted octanol–water partition coefficient (Wildman–Crippen LogP) is 1.95. The fourth-order valence-electron chi connectivity index (χ4n) is 1.68. The van der Waals surface area contributed by atoms with E-state index >= 15 is 0 Å². The molecule has 1 aliphatic rings. The molecule has 98 valence electrons. The average Bonchev–Trinajstić information content (AvgIpc) is 3.09. The van der Waals surface area contributed by atoms with E-state index in [-0.39, 0.29) is 18.4 Å². The van der Waals surface area contributed by atoms with Crippen LogP contribution >= 0.6 is 0 Å². The van der Waals surface area contributed by atoms with Gasteiger partial charge in [-0.3, -0.25) is 9.78 Å². The van der Waals surface area contributed by atoms with Crippen molar-refractivity contribution < 1.29 is 18.0 Å². The van der Waals surface area contributed by atoms with Gasteiger partial charge in [-0.25, -0.2) is 0 Å². The minimum atomic E-state index is -4.41. The lowest BCUT2D eigenvalue weighted by atomic mass is 10.1. The highest BCUT2D eigenvalue weighted by molar-refractivity contribution is 6.00. The summed E-state index contributed by atoms with van der Waals surface area (Å²) in [5.74, 6) is -0.739. The topological polar surface area (TPSA) is 54.0 Å². The number of nitrogens with one attached hydrogen (secondary N) is 2. The minimum absolute atomic E-state index is 0.0673. The summed E-state index contributed by atoms with van der Waals surface area (Å²) in [7, 11) is 1.57. The van der Waals surface area contributed by atoms with Crippen LogP contribution in [0.1, 0.15) is 23.2 Å². The fourth-order valence-corrected chi connectivity index (χ4v) is 1.68. The number of amides is 1. The quantitative estimate of drug-likeness (QED) is 0.872. The molecule has 4 nitrogen and oxygen atoms in total. The molecule has 1 amide bonds. The van der Waals surface area contributed by atoms with Gasteiger partial charge in [0.05, 0.1) is 17.4 Å².